The van der Waals surface area contributed by atoms with Gasteiger partial charge in [0, 0.05) is 0 Å². The van der Waals surface area contributed by atoms with Gasteiger partial charge < -0.3 is 9.84 Å². The number of phenols is 1. The zero-order valence-electron chi connectivity index (χ0n) is 8.66. The Hall–Kier alpha value is -1.87. The Kier molecular flexibility index (Phi) is 2.40. The summed E-state index contributed by atoms with van der Waals surface area (Å²) in [5.41, 5.74) is -0.917. The third-order valence-corrected chi connectivity index (χ3v) is 2.76. The molecule has 16 heavy (non-hydrogen) atoms. The molecule has 0 aliphatic heterocycles. The van der Waals surface area contributed by atoms with Crippen LogP contribution in [0.25, 0.3) is 0 Å². The van der Waals surface area contributed by atoms with Crippen LogP contribution in [-0.4, -0.2) is 18.3 Å². The number of phenolic OH excluding ortho intramolecular Hbond substituents is 1. The van der Waals surface area contributed by atoms with E-state index in [1.54, 1.807) is 0 Å². The van der Waals surface area contributed by atoms with Crippen molar-refractivity contribution in [3.05, 3.63) is 23.5 Å². The smallest absolute Gasteiger partial charge is 0.235 e. The van der Waals surface area contributed by atoms with E-state index in [1.807, 2.05) is 0 Å². The monoisotopic (exact) mass is 223 g/mol. The molecule has 0 amide bonds. The van der Waals surface area contributed by atoms with Crippen LogP contribution in [0.4, 0.5) is 4.39 Å². The zero-order valence-corrected chi connectivity index (χ0v) is 8.66. The van der Waals surface area contributed by atoms with Crippen LogP contribution in [0.5, 0.6) is 11.5 Å². The molecule has 1 fully saturated rings. The number of hydrogen-bond donors (Lipinski definition) is 1. The second kappa shape index (κ2) is 3.61. The fourth-order valence-electron chi connectivity index (χ4n) is 1.78. The van der Waals surface area contributed by atoms with Gasteiger partial charge in [0.1, 0.15) is 11.4 Å². The molecule has 2 rings (SSSR count). The van der Waals surface area contributed by atoms with E-state index in [-0.39, 0.29) is 17.1 Å². The SMILES string of the molecule is COc1ccc(F)c(C2(N=C=O)CC2)c1O. The number of isocyanates is 1. The molecule has 5 heteroatoms. The van der Waals surface area contributed by atoms with Crippen LogP contribution in [-0.2, 0) is 10.3 Å². The van der Waals surface area contributed by atoms with E-state index in [4.69, 9.17) is 4.74 Å². The second-order valence-corrected chi connectivity index (χ2v) is 3.71. The van der Waals surface area contributed by atoms with Crippen LogP contribution in [0.15, 0.2) is 17.1 Å². The van der Waals surface area contributed by atoms with Gasteiger partial charge in [0.25, 0.3) is 0 Å². The van der Waals surface area contributed by atoms with Crippen LogP contribution < -0.4 is 4.74 Å². The minimum atomic E-state index is -0.940. The van der Waals surface area contributed by atoms with Crippen LogP contribution in [0, 0.1) is 5.82 Å². The summed E-state index contributed by atoms with van der Waals surface area (Å²) in [6.45, 7) is 0. The van der Waals surface area contributed by atoms with Crippen molar-refractivity contribution in [3.63, 3.8) is 0 Å². The summed E-state index contributed by atoms with van der Waals surface area (Å²) < 4.78 is 18.5. The Morgan fingerprint density at radius 3 is 2.75 bits per heavy atom. The summed E-state index contributed by atoms with van der Waals surface area (Å²) in [5.74, 6) is -0.711. The number of ether oxygens (including phenoxy) is 1. The van der Waals surface area contributed by atoms with Crippen LogP contribution in [0.2, 0.25) is 0 Å². The molecule has 0 unspecified atom stereocenters. The lowest BCUT2D eigenvalue weighted by atomic mass is 10.0. The van der Waals surface area contributed by atoms with Gasteiger partial charge >= 0.3 is 0 Å². The predicted octanol–water partition coefficient (Wildman–Crippen LogP) is 1.86. The highest BCUT2D eigenvalue weighted by molar-refractivity contribution is 5.53. The fourth-order valence-corrected chi connectivity index (χ4v) is 1.78. The molecule has 0 radical (unpaired) electrons. The molecular weight excluding hydrogens is 213 g/mol. The van der Waals surface area contributed by atoms with Crippen molar-refractivity contribution < 1.29 is 19.0 Å². The highest BCUT2D eigenvalue weighted by Crippen LogP contribution is 2.54. The normalized spacial score (nSPS) is 16.4. The predicted molar refractivity (Wildman–Crippen MR) is 53.7 cm³/mol. The molecular formula is C11H10FNO3. The third-order valence-electron chi connectivity index (χ3n) is 2.76. The Balaban J connectivity index is 2.60. The van der Waals surface area contributed by atoms with Crippen LogP contribution in [0.3, 0.4) is 0 Å². The average molecular weight is 223 g/mol. The number of aromatic hydroxyl groups is 1. The minimum Gasteiger partial charge on any atom is -0.504 e. The van der Waals surface area contributed by atoms with Crippen molar-refractivity contribution in [2.24, 2.45) is 4.99 Å². The largest absolute Gasteiger partial charge is 0.504 e. The van der Waals surface area contributed by atoms with E-state index in [0.717, 1.165) is 0 Å². The summed E-state index contributed by atoms with van der Waals surface area (Å²) in [5, 5.41) is 9.82. The topological polar surface area (TPSA) is 58.9 Å². The molecule has 0 bridgehead atoms. The van der Waals surface area contributed by atoms with Crippen molar-refractivity contribution in [2.75, 3.05) is 7.11 Å². The Labute approximate surface area is 91.4 Å². The number of halogens is 1. The van der Waals surface area contributed by atoms with E-state index in [1.165, 1.54) is 25.3 Å². The maximum atomic E-state index is 13.6. The standard InChI is InChI=1S/C11H10FNO3/c1-16-8-3-2-7(12)9(10(8)15)11(4-5-11)13-6-14/h2-3,15H,4-5H2,1H3. The maximum Gasteiger partial charge on any atom is 0.235 e. The van der Waals surface area contributed by atoms with Gasteiger partial charge in [0.2, 0.25) is 6.08 Å². The van der Waals surface area contributed by atoms with Gasteiger partial charge in [0.05, 0.1) is 12.7 Å². The molecule has 84 valence electrons. The van der Waals surface area contributed by atoms with Crippen molar-refractivity contribution in [1.29, 1.82) is 0 Å². The fraction of sp³-hybridized carbons (Fsp3) is 0.364. The Bertz CT molecular complexity index is 476. The quantitative estimate of drug-likeness (QED) is 0.628. The first kappa shape index (κ1) is 10.6. The summed E-state index contributed by atoms with van der Waals surface area (Å²) in [6.07, 6.45) is 2.47. The van der Waals surface area contributed by atoms with Crippen molar-refractivity contribution in [1.82, 2.24) is 0 Å². The summed E-state index contributed by atoms with van der Waals surface area (Å²) in [6, 6.07) is 2.52. The summed E-state index contributed by atoms with van der Waals surface area (Å²) >= 11 is 0. The first-order valence-electron chi connectivity index (χ1n) is 4.79. The van der Waals surface area contributed by atoms with Crippen LogP contribution >= 0.6 is 0 Å². The maximum absolute atomic E-state index is 13.6. The van der Waals surface area contributed by atoms with Crippen LogP contribution in [0.1, 0.15) is 18.4 Å². The lowest BCUT2D eigenvalue weighted by Crippen LogP contribution is -2.06. The molecule has 1 aromatic rings. The highest BCUT2D eigenvalue weighted by Gasteiger charge is 2.49. The molecule has 1 N–H and O–H groups in total. The number of rotatable bonds is 3. The molecule has 1 aliphatic rings. The van der Waals surface area contributed by atoms with Gasteiger partial charge in [-0.2, -0.15) is 4.99 Å². The van der Waals surface area contributed by atoms with Crippen molar-refractivity contribution in [2.45, 2.75) is 18.4 Å². The first-order chi connectivity index (χ1) is 7.64. The summed E-state index contributed by atoms with van der Waals surface area (Å²) in [7, 11) is 1.37. The number of carbonyl (C=O) groups excluding carboxylic acids is 1. The molecule has 4 nitrogen and oxygen atoms in total. The highest BCUT2D eigenvalue weighted by atomic mass is 19.1. The van der Waals surface area contributed by atoms with E-state index in [2.05, 4.69) is 4.99 Å². The molecule has 0 aromatic heterocycles. The van der Waals surface area contributed by atoms with Gasteiger partial charge in [0.15, 0.2) is 11.5 Å². The third kappa shape index (κ3) is 1.46. The molecule has 1 saturated carbocycles. The number of methoxy groups -OCH3 is 1. The number of aliphatic imine (C=N–C) groups is 1. The molecule has 0 atom stereocenters. The molecule has 1 aromatic carbocycles. The van der Waals surface area contributed by atoms with E-state index in [0.29, 0.717) is 12.8 Å². The van der Waals surface area contributed by atoms with Gasteiger partial charge in [-0.3, -0.25) is 0 Å². The number of hydrogen-bond acceptors (Lipinski definition) is 4. The molecule has 0 heterocycles. The molecule has 0 saturated heterocycles. The van der Waals surface area contributed by atoms with E-state index >= 15 is 0 Å². The Morgan fingerprint density at radius 1 is 1.56 bits per heavy atom. The van der Waals surface area contributed by atoms with E-state index < -0.39 is 11.4 Å². The number of nitrogens with zero attached hydrogens (tertiary/aromatic N) is 1. The second-order valence-electron chi connectivity index (χ2n) is 3.71. The summed E-state index contributed by atoms with van der Waals surface area (Å²) in [4.78, 5) is 13.9. The van der Waals surface area contributed by atoms with E-state index in [9.17, 15) is 14.3 Å². The van der Waals surface area contributed by atoms with Gasteiger partial charge in [-0.05, 0) is 25.0 Å². The molecule has 0 spiro atoms. The van der Waals surface area contributed by atoms with Gasteiger partial charge in [-0.25, -0.2) is 9.18 Å². The zero-order chi connectivity index (χ0) is 11.8. The first-order valence-corrected chi connectivity index (χ1v) is 4.79. The average Bonchev–Trinajstić information content (AvgIpc) is 2.99. The number of benzene rings is 1. The minimum absolute atomic E-state index is 0.0233. The van der Waals surface area contributed by atoms with Gasteiger partial charge in [-0.1, -0.05) is 0 Å². The lowest BCUT2D eigenvalue weighted by molar-refractivity contribution is 0.363. The molecule has 1 aliphatic carbocycles. The van der Waals surface area contributed by atoms with Crippen molar-refractivity contribution >= 4 is 6.08 Å². The van der Waals surface area contributed by atoms with Crippen molar-refractivity contribution in [3.8, 4) is 11.5 Å². The Morgan fingerprint density at radius 2 is 2.25 bits per heavy atom. The van der Waals surface area contributed by atoms with Gasteiger partial charge in [-0.15, -0.1) is 0 Å². The lowest BCUT2D eigenvalue weighted by Gasteiger charge is -2.14.